The highest BCUT2D eigenvalue weighted by molar-refractivity contribution is 5.68. The number of nitrogens with zero attached hydrogens (tertiary/aromatic N) is 3. The van der Waals surface area contributed by atoms with Crippen molar-refractivity contribution < 1.29 is 9.47 Å². The molecule has 2 aromatic heterocycles. The van der Waals surface area contributed by atoms with Gasteiger partial charge in [0.1, 0.15) is 11.5 Å². The molecule has 0 aliphatic carbocycles. The second-order valence-electron chi connectivity index (χ2n) is 5.10. The van der Waals surface area contributed by atoms with Crippen LogP contribution in [0.4, 0.5) is 0 Å². The fraction of sp³-hybridized carbons (Fsp3) is 0.167. The average molecular weight is 323 g/mol. The first-order valence-corrected chi connectivity index (χ1v) is 7.42. The van der Waals surface area contributed by atoms with Crippen LogP contribution in [0.2, 0.25) is 0 Å². The topological polar surface area (TPSA) is 66.2 Å². The lowest BCUT2D eigenvalue weighted by atomic mass is 10.1. The second kappa shape index (κ2) is 6.95. The van der Waals surface area contributed by atoms with Crippen molar-refractivity contribution in [3.05, 3.63) is 70.8 Å². The highest BCUT2D eigenvalue weighted by atomic mass is 16.5. The molecule has 0 atom stereocenters. The van der Waals surface area contributed by atoms with E-state index < -0.39 is 0 Å². The van der Waals surface area contributed by atoms with Gasteiger partial charge in [0.15, 0.2) is 0 Å². The van der Waals surface area contributed by atoms with Crippen LogP contribution < -0.4 is 15.0 Å². The van der Waals surface area contributed by atoms with E-state index in [9.17, 15) is 4.79 Å². The minimum atomic E-state index is -0.189. The Bertz CT molecular complexity index is 892. The van der Waals surface area contributed by atoms with Crippen LogP contribution >= 0.6 is 0 Å². The Hall–Kier alpha value is -3.15. The molecule has 0 aliphatic rings. The molecule has 0 fully saturated rings. The van der Waals surface area contributed by atoms with Gasteiger partial charge < -0.3 is 9.47 Å². The monoisotopic (exact) mass is 323 g/mol. The van der Waals surface area contributed by atoms with Gasteiger partial charge in [0, 0.05) is 17.8 Å². The Morgan fingerprint density at radius 2 is 1.92 bits per heavy atom. The molecule has 0 spiro atoms. The highest BCUT2D eigenvalue weighted by Gasteiger charge is 2.11. The molecule has 0 saturated heterocycles. The van der Waals surface area contributed by atoms with Gasteiger partial charge in [-0.2, -0.15) is 5.10 Å². The molecule has 0 bridgehead atoms. The molecule has 0 N–H and O–H groups in total. The van der Waals surface area contributed by atoms with Gasteiger partial charge in [0.25, 0.3) is 5.56 Å². The Balaban J connectivity index is 2.04. The summed E-state index contributed by atoms with van der Waals surface area (Å²) in [5.41, 5.74) is 1.96. The van der Waals surface area contributed by atoms with E-state index >= 15 is 0 Å². The Kier molecular flexibility index (Phi) is 4.56. The Labute approximate surface area is 139 Å². The standard InChI is InChI=1S/C18H17N3O3/c1-23-14-6-8-17(24-2)15(11-14)16-7-9-18(22)21(20-16)12-13-5-3-4-10-19-13/h3-11H,12H2,1-2H3. The number of hydrogen-bond donors (Lipinski definition) is 0. The molecule has 0 saturated carbocycles. The Morgan fingerprint density at radius 1 is 1.04 bits per heavy atom. The van der Waals surface area contributed by atoms with Crippen molar-refractivity contribution in [1.29, 1.82) is 0 Å². The lowest BCUT2D eigenvalue weighted by Gasteiger charge is -2.11. The summed E-state index contributed by atoms with van der Waals surface area (Å²) < 4.78 is 12.0. The number of hydrogen-bond acceptors (Lipinski definition) is 5. The third-order valence-electron chi connectivity index (χ3n) is 3.59. The molecular weight excluding hydrogens is 306 g/mol. The van der Waals surface area contributed by atoms with Crippen LogP contribution in [0.5, 0.6) is 11.5 Å². The van der Waals surface area contributed by atoms with Crippen LogP contribution in [0, 0.1) is 0 Å². The van der Waals surface area contributed by atoms with Crippen molar-refractivity contribution >= 4 is 0 Å². The molecule has 6 nitrogen and oxygen atoms in total. The fourth-order valence-electron chi connectivity index (χ4n) is 2.37. The van der Waals surface area contributed by atoms with Gasteiger partial charge in [0.05, 0.1) is 32.2 Å². The molecule has 0 unspecified atom stereocenters. The lowest BCUT2D eigenvalue weighted by Crippen LogP contribution is -2.23. The largest absolute Gasteiger partial charge is 0.497 e. The number of rotatable bonds is 5. The maximum Gasteiger partial charge on any atom is 0.267 e. The predicted octanol–water partition coefficient (Wildman–Crippen LogP) is 2.37. The molecule has 3 rings (SSSR count). The quantitative estimate of drug-likeness (QED) is 0.721. The summed E-state index contributed by atoms with van der Waals surface area (Å²) in [5, 5.41) is 4.45. The van der Waals surface area contributed by atoms with E-state index in [1.54, 1.807) is 26.5 Å². The summed E-state index contributed by atoms with van der Waals surface area (Å²) in [6.45, 7) is 0.305. The van der Waals surface area contributed by atoms with Crippen molar-refractivity contribution in [3.8, 4) is 22.8 Å². The third kappa shape index (κ3) is 3.27. The summed E-state index contributed by atoms with van der Waals surface area (Å²) in [6.07, 6.45) is 1.69. The van der Waals surface area contributed by atoms with Gasteiger partial charge in [-0.1, -0.05) is 6.07 Å². The summed E-state index contributed by atoms with van der Waals surface area (Å²) in [7, 11) is 3.19. The fourth-order valence-corrected chi connectivity index (χ4v) is 2.37. The maximum absolute atomic E-state index is 12.1. The predicted molar refractivity (Wildman–Crippen MR) is 90.4 cm³/mol. The van der Waals surface area contributed by atoms with Crippen LogP contribution in [-0.2, 0) is 6.54 Å². The van der Waals surface area contributed by atoms with Crippen LogP contribution in [0.1, 0.15) is 5.69 Å². The summed E-state index contributed by atoms with van der Waals surface area (Å²) in [6, 6.07) is 14.2. The first kappa shape index (κ1) is 15.7. The third-order valence-corrected chi connectivity index (χ3v) is 3.59. The van der Waals surface area contributed by atoms with Gasteiger partial charge >= 0.3 is 0 Å². The first-order chi connectivity index (χ1) is 11.7. The molecule has 2 heterocycles. The summed E-state index contributed by atoms with van der Waals surface area (Å²) in [4.78, 5) is 16.3. The van der Waals surface area contributed by atoms with Crippen molar-refractivity contribution in [2.75, 3.05) is 14.2 Å². The first-order valence-electron chi connectivity index (χ1n) is 7.42. The number of pyridine rings is 1. The van der Waals surface area contributed by atoms with Crippen LogP contribution in [0.3, 0.4) is 0 Å². The smallest absolute Gasteiger partial charge is 0.267 e. The molecule has 1 aromatic carbocycles. The van der Waals surface area contributed by atoms with Crippen molar-refractivity contribution in [2.24, 2.45) is 0 Å². The van der Waals surface area contributed by atoms with Gasteiger partial charge in [-0.05, 0) is 36.4 Å². The molecule has 0 amide bonds. The van der Waals surface area contributed by atoms with Crippen LogP contribution in [0.25, 0.3) is 11.3 Å². The average Bonchev–Trinajstić information content (AvgIpc) is 2.64. The normalized spacial score (nSPS) is 10.4. The number of ether oxygens (including phenoxy) is 2. The van der Waals surface area contributed by atoms with E-state index in [-0.39, 0.29) is 5.56 Å². The molecule has 6 heteroatoms. The zero-order valence-corrected chi connectivity index (χ0v) is 13.5. The zero-order chi connectivity index (χ0) is 16.9. The maximum atomic E-state index is 12.1. The molecular formula is C18H17N3O3. The van der Waals surface area contributed by atoms with Gasteiger partial charge in [-0.15, -0.1) is 0 Å². The second-order valence-corrected chi connectivity index (χ2v) is 5.10. The van der Waals surface area contributed by atoms with Gasteiger partial charge in [-0.3, -0.25) is 9.78 Å². The number of methoxy groups -OCH3 is 2. The van der Waals surface area contributed by atoms with E-state index in [2.05, 4.69) is 10.1 Å². The lowest BCUT2D eigenvalue weighted by molar-refractivity contribution is 0.404. The molecule has 0 radical (unpaired) electrons. The molecule has 24 heavy (non-hydrogen) atoms. The van der Waals surface area contributed by atoms with E-state index in [1.807, 2.05) is 36.4 Å². The molecule has 3 aromatic rings. The van der Waals surface area contributed by atoms with E-state index in [4.69, 9.17) is 9.47 Å². The zero-order valence-electron chi connectivity index (χ0n) is 13.5. The molecule has 122 valence electrons. The number of benzene rings is 1. The van der Waals surface area contributed by atoms with E-state index in [1.165, 1.54) is 10.7 Å². The molecule has 0 aliphatic heterocycles. The Morgan fingerprint density at radius 3 is 2.62 bits per heavy atom. The van der Waals surface area contributed by atoms with Crippen LogP contribution in [-0.4, -0.2) is 29.0 Å². The van der Waals surface area contributed by atoms with Crippen molar-refractivity contribution in [2.45, 2.75) is 6.54 Å². The highest BCUT2D eigenvalue weighted by Crippen LogP contribution is 2.31. The summed E-state index contributed by atoms with van der Waals surface area (Å²) >= 11 is 0. The minimum Gasteiger partial charge on any atom is -0.497 e. The minimum absolute atomic E-state index is 0.189. The van der Waals surface area contributed by atoms with Crippen LogP contribution in [0.15, 0.2) is 59.5 Å². The van der Waals surface area contributed by atoms with Crippen molar-refractivity contribution in [1.82, 2.24) is 14.8 Å². The number of aromatic nitrogens is 3. The van der Waals surface area contributed by atoms with Gasteiger partial charge in [-0.25, -0.2) is 4.68 Å². The van der Waals surface area contributed by atoms with E-state index in [0.29, 0.717) is 23.7 Å². The summed E-state index contributed by atoms with van der Waals surface area (Å²) in [5.74, 6) is 1.35. The van der Waals surface area contributed by atoms with E-state index in [0.717, 1.165) is 11.3 Å². The van der Waals surface area contributed by atoms with Gasteiger partial charge in [0.2, 0.25) is 0 Å². The SMILES string of the molecule is COc1ccc(OC)c(-c2ccc(=O)n(Cc3ccccn3)n2)c1. The van der Waals surface area contributed by atoms with Crippen molar-refractivity contribution in [3.63, 3.8) is 0 Å².